The predicted octanol–water partition coefficient (Wildman–Crippen LogP) is 2.84. The van der Waals surface area contributed by atoms with Crippen LogP contribution in [0.1, 0.15) is 28.8 Å². The first-order valence-corrected chi connectivity index (χ1v) is 8.13. The van der Waals surface area contributed by atoms with E-state index in [1.807, 2.05) is 37.3 Å². The number of amides is 1. The first kappa shape index (κ1) is 16.2. The molecule has 1 aliphatic rings. The Hall–Kier alpha value is -2.69. The lowest BCUT2D eigenvalue weighted by molar-refractivity contribution is -0.128. The first-order valence-electron chi connectivity index (χ1n) is 8.13. The molecule has 2 aromatic rings. The highest BCUT2D eigenvalue weighted by Crippen LogP contribution is 2.24. The van der Waals surface area contributed by atoms with E-state index in [0.29, 0.717) is 18.5 Å². The van der Waals surface area contributed by atoms with Gasteiger partial charge in [-0.2, -0.15) is 0 Å². The Morgan fingerprint density at radius 3 is 2.83 bits per heavy atom. The number of ether oxygens (including phenoxy) is 1. The number of nitrogens with zero attached hydrogens (tertiary/aromatic N) is 2. The third kappa shape index (κ3) is 3.45. The Labute approximate surface area is 141 Å². The minimum Gasteiger partial charge on any atom is -0.460 e. The predicted molar refractivity (Wildman–Crippen MR) is 90.5 cm³/mol. The van der Waals surface area contributed by atoms with Gasteiger partial charge in [0.2, 0.25) is 5.91 Å². The van der Waals surface area contributed by atoms with Crippen LogP contribution in [0, 0.1) is 6.92 Å². The number of pyridine rings is 1. The summed E-state index contributed by atoms with van der Waals surface area (Å²) in [6, 6.07) is 11.2. The molecule has 1 saturated heterocycles. The Bertz CT molecular complexity index is 744. The molecule has 1 fully saturated rings. The molecule has 124 valence electrons. The van der Waals surface area contributed by atoms with Crippen molar-refractivity contribution in [2.75, 3.05) is 19.7 Å². The largest absolute Gasteiger partial charge is 0.460 e. The lowest BCUT2D eigenvalue weighted by Crippen LogP contribution is -2.29. The van der Waals surface area contributed by atoms with Crippen LogP contribution >= 0.6 is 0 Å². The van der Waals surface area contributed by atoms with Gasteiger partial charge in [0.05, 0.1) is 17.8 Å². The molecule has 1 aromatic heterocycles. The molecule has 1 amide bonds. The van der Waals surface area contributed by atoms with Gasteiger partial charge >= 0.3 is 5.97 Å². The normalized spacial score (nSPS) is 14.0. The minimum atomic E-state index is -0.364. The lowest BCUT2D eigenvalue weighted by atomic mass is 10.00. The minimum absolute atomic E-state index is 0.138. The first-order chi connectivity index (χ1) is 11.7. The van der Waals surface area contributed by atoms with E-state index in [1.54, 1.807) is 17.2 Å². The molecular formula is C19H20N2O3. The number of hydrogen-bond acceptors (Lipinski definition) is 4. The number of aromatic nitrogens is 1. The third-order valence-corrected chi connectivity index (χ3v) is 4.26. The van der Waals surface area contributed by atoms with Gasteiger partial charge in [-0.1, -0.05) is 18.2 Å². The van der Waals surface area contributed by atoms with Gasteiger partial charge in [0.25, 0.3) is 0 Å². The van der Waals surface area contributed by atoms with Gasteiger partial charge in [-0.25, -0.2) is 4.79 Å². The zero-order chi connectivity index (χ0) is 16.9. The molecule has 1 aromatic carbocycles. The molecule has 5 heteroatoms. The number of benzene rings is 1. The van der Waals surface area contributed by atoms with Gasteiger partial charge in [-0.05, 0) is 37.1 Å². The molecule has 0 unspecified atom stereocenters. The Kier molecular flexibility index (Phi) is 4.89. The average Bonchev–Trinajstić information content (AvgIpc) is 3.01. The summed E-state index contributed by atoms with van der Waals surface area (Å²) in [5.41, 5.74) is 3.12. The molecule has 24 heavy (non-hydrogen) atoms. The Morgan fingerprint density at radius 2 is 2.12 bits per heavy atom. The van der Waals surface area contributed by atoms with E-state index in [1.165, 1.54) is 0 Å². The van der Waals surface area contributed by atoms with E-state index in [9.17, 15) is 9.59 Å². The summed E-state index contributed by atoms with van der Waals surface area (Å²) < 4.78 is 5.36. The van der Waals surface area contributed by atoms with E-state index >= 15 is 0 Å². The Balaban J connectivity index is 1.68. The van der Waals surface area contributed by atoms with Crippen LogP contribution in [0.3, 0.4) is 0 Å². The third-order valence-electron chi connectivity index (χ3n) is 4.26. The summed E-state index contributed by atoms with van der Waals surface area (Å²) in [5, 5.41) is 0. The molecule has 0 atom stereocenters. The van der Waals surface area contributed by atoms with Crippen molar-refractivity contribution in [1.82, 2.24) is 9.88 Å². The van der Waals surface area contributed by atoms with Crippen molar-refractivity contribution >= 4 is 11.9 Å². The zero-order valence-corrected chi connectivity index (χ0v) is 13.7. The fourth-order valence-electron chi connectivity index (χ4n) is 2.92. The van der Waals surface area contributed by atoms with Crippen molar-refractivity contribution in [1.29, 1.82) is 0 Å². The van der Waals surface area contributed by atoms with Gasteiger partial charge < -0.3 is 9.64 Å². The van der Waals surface area contributed by atoms with Crippen LogP contribution in [-0.2, 0) is 9.53 Å². The van der Waals surface area contributed by atoms with Crippen LogP contribution in [0.25, 0.3) is 11.3 Å². The molecule has 0 spiro atoms. The van der Waals surface area contributed by atoms with E-state index < -0.39 is 0 Å². The smallest absolute Gasteiger partial charge is 0.338 e. The second kappa shape index (κ2) is 7.25. The van der Waals surface area contributed by atoms with Crippen LogP contribution < -0.4 is 0 Å². The summed E-state index contributed by atoms with van der Waals surface area (Å²) in [4.78, 5) is 30.0. The van der Waals surface area contributed by atoms with Crippen molar-refractivity contribution < 1.29 is 14.3 Å². The van der Waals surface area contributed by atoms with Crippen LogP contribution in [0.4, 0.5) is 0 Å². The molecule has 0 bridgehead atoms. The van der Waals surface area contributed by atoms with E-state index in [-0.39, 0.29) is 18.5 Å². The second-order valence-electron chi connectivity index (χ2n) is 5.81. The summed E-state index contributed by atoms with van der Waals surface area (Å²) in [7, 11) is 0. The molecule has 0 saturated carbocycles. The summed E-state index contributed by atoms with van der Waals surface area (Å²) >= 11 is 0. The van der Waals surface area contributed by atoms with Gasteiger partial charge in [0, 0.05) is 24.7 Å². The molecule has 2 heterocycles. The number of hydrogen-bond donors (Lipinski definition) is 0. The topological polar surface area (TPSA) is 59.5 Å². The highest BCUT2D eigenvalue weighted by atomic mass is 16.5. The van der Waals surface area contributed by atoms with Gasteiger partial charge in [0.15, 0.2) is 0 Å². The van der Waals surface area contributed by atoms with Crippen molar-refractivity contribution in [2.45, 2.75) is 19.8 Å². The van der Waals surface area contributed by atoms with E-state index in [2.05, 4.69) is 4.98 Å². The number of rotatable bonds is 5. The molecule has 3 rings (SSSR count). The number of likely N-dealkylation sites (tertiary alicyclic amines) is 1. The van der Waals surface area contributed by atoms with Crippen LogP contribution in [0.15, 0.2) is 42.6 Å². The Morgan fingerprint density at radius 1 is 1.25 bits per heavy atom. The summed E-state index contributed by atoms with van der Waals surface area (Å²) in [6.07, 6.45) is 3.21. The van der Waals surface area contributed by atoms with Crippen molar-refractivity contribution in [3.63, 3.8) is 0 Å². The van der Waals surface area contributed by atoms with Gasteiger partial charge in [-0.15, -0.1) is 0 Å². The number of carbonyl (C=O) groups excluding carboxylic acids is 2. The van der Waals surface area contributed by atoms with Crippen LogP contribution in [0.2, 0.25) is 0 Å². The zero-order valence-electron chi connectivity index (χ0n) is 13.7. The maximum absolute atomic E-state index is 12.4. The summed E-state index contributed by atoms with van der Waals surface area (Å²) in [6.45, 7) is 3.33. The quantitative estimate of drug-likeness (QED) is 0.794. The fraction of sp³-hybridized carbons (Fsp3) is 0.316. The molecule has 0 N–H and O–H groups in total. The van der Waals surface area contributed by atoms with Gasteiger partial charge in [0.1, 0.15) is 6.61 Å². The van der Waals surface area contributed by atoms with E-state index in [4.69, 9.17) is 4.74 Å². The van der Waals surface area contributed by atoms with Crippen molar-refractivity contribution in [3.05, 3.63) is 53.7 Å². The van der Waals surface area contributed by atoms with Crippen LogP contribution in [-0.4, -0.2) is 41.5 Å². The standard InChI is InChI=1S/C19H20N2O3/c1-14-15(17-8-2-3-10-20-17)6-4-7-16(14)19(23)24-13-12-21-11-5-9-18(21)22/h2-4,6-8,10H,5,9,11-13H2,1H3. The van der Waals surface area contributed by atoms with Crippen molar-refractivity contribution in [3.8, 4) is 11.3 Å². The molecule has 1 aliphatic heterocycles. The van der Waals surface area contributed by atoms with Gasteiger partial charge in [-0.3, -0.25) is 9.78 Å². The fourth-order valence-corrected chi connectivity index (χ4v) is 2.92. The monoisotopic (exact) mass is 324 g/mol. The maximum Gasteiger partial charge on any atom is 0.338 e. The van der Waals surface area contributed by atoms with Crippen molar-refractivity contribution in [2.24, 2.45) is 0 Å². The molecule has 0 radical (unpaired) electrons. The van der Waals surface area contributed by atoms with Crippen LogP contribution in [0.5, 0.6) is 0 Å². The highest BCUT2D eigenvalue weighted by molar-refractivity contribution is 5.93. The van der Waals surface area contributed by atoms with E-state index in [0.717, 1.165) is 29.8 Å². The molecule has 0 aliphatic carbocycles. The molecular weight excluding hydrogens is 304 g/mol. The maximum atomic E-state index is 12.4. The second-order valence-corrected chi connectivity index (χ2v) is 5.81. The summed E-state index contributed by atoms with van der Waals surface area (Å²) in [5.74, 6) is -0.226. The highest BCUT2D eigenvalue weighted by Gasteiger charge is 2.20. The number of esters is 1. The SMILES string of the molecule is Cc1c(C(=O)OCCN2CCCC2=O)cccc1-c1ccccn1. The average molecular weight is 324 g/mol. The molecule has 5 nitrogen and oxygen atoms in total. The lowest BCUT2D eigenvalue weighted by Gasteiger charge is -2.16. The number of carbonyl (C=O) groups is 2.